The Morgan fingerprint density at radius 2 is 2.31 bits per heavy atom. The van der Waals surface area contributed by atoms with Gasteiger partial charge >= 0.3 is 0 Å². The van der Waals surface area contributed by atoms with Gasteiger partial charge in [-0.15, -0.1) is 11.6 Å². The molecule has 1 amide bonds. The van der Waals surface area contributed by atoms with Crippen LogP contribution in [0.3, 0.4) is 0 Å². The molecule has 0 heterocycles. The molecule has 0 aliphatic heterocycles. The van der Waals surface area contributed by atoms with Crippen molar-refractivity contribution in [3.63, 3.8) is 0 Å². The highest BCUT2D eigenvalue weighted by Gasteiger charge is 2.25. The Bertz CT molecular complexity index is 184. The predicted octanol–water partition coefficient (Wildman–Crippen LogP) is 2.17. The van der Waals surface area contributed by atoms with Gasteiger partial charge in [0.05, 0.1) is 0 Å². The molecule has 0 aromatic carbocycles. The lowest BCUT2D eigenvalue weighted by molar-refractivity contribution is -0.124. The van der Waals surface area contributed by atoms with Gasteiger partial charge in [-0.25, -0.2) is 0 Å². The second-order valence-corrected chi connectivity index (χ2v) is 4.39. The molecule has 1 N–H and O–H groups in total. The molecule has 0 aromatic rings. The van der Waals surface area contributed by atoms with E-state index in [9.17, 15) is 4.79 Å². The summed E-state index contributed by atoms with van der Waals surface area (Å²) in [6.45, 7) is 4.06. The summed E-state index contributed by atoms with van der Waals surface area (Å²) in [5.41, 5.74) is 0. The molecule has 2 nitrogen and oxygen atoms in total. The molecule has 1 fully saturated rings. The van der Waals surface area contributed by atoms with Crippen LogP contribution in [0.25, 0.3) is 0 Å². The summed E-state index contributed by atoms with van der Waals surface area (Å²) >= 11 is 5.61. The van der Waals surface area contributed by atoms with E-state index >= 15 is 0 Å². The maximum absolute atomic E-state index is 11.5. The van der Waals surface area contributed by atoms with E-state index in [2.05, 4.69) is 12.2 Å². The molecular weight excluding hydrogens is 186 g/mol. The third-order valence-corrected chi connectivity index (χ3v) is 3.33. The zero-order valence-corrected chi connectivity index (χ0v) is 9.10. The number of amides is 1. The summed E-state index contributed by atoms with van der Waals surface area (Å²) in [5, 5.41) is 3.06. The van der Waals surface area contributed by atoms with E-state index in [0.717, 1.165) is 6.42 Å². The van der Waals surface area contributed by atoms with Crippen LogP contribution in [0.2, 0.25) is 0 Å². The van der Waals surface area contributed by atoms with Crippen LogP contribution < -0.4 is 5.32 Å². The molecule has 1 saturated carbocycles. The predicted molar refractivity (Wildman–Crippen MR) is 54.8 cm³/mol. The fraction of sp³-hybridized carbons (Fsp3) is 0.900. The second kappa shape index (κ2) is 4.85. The number of hydrogen-bond donors (Lipinski definition) is 1. The minimum absolute atomic E-state index is 0.0607. The first-order chi connectivity index (χ1) is 6.15. The Hall–Kier alpha value is -0.240. The van der Waals surface area contributed by atoms with E-state index in [0.29, 0.717) is 17.8 Å². The number of nitrogens with one attached hydrogen (secondary N) is 1. The first kappa shape index (κ1) is 10.8. The van der Waals surface area contributed by atoms with E-state index in [1.807, 2.05) is 6.92 Å². The van der Waals surface area contributed by atoms with E-state index in [1.54, 1.807) is 0 Å². The summed E-state index contributed by atoms with van der Waals surface area (Å²) in [4.78, 5) is 11.5. The number of halogens is 1. The average Bonchev–Trinajstić information content (AvgIpc) is 2.50. The molecule has 3 unspecified atom stereocenters. The fourth-order valence-corrected chi connectivity index (χ4v) is 1.90. The molecule has 3 atom stereocenters. The van der Waals surface area contributed by atoms with E-state index in [1.165, 1.54) is 12.8 Å². The molecule has 0 spiro atoms. The molecule has 0 bridgehead atoms. The molecule has 13 heavy (non-hydrogen) atoms. The molecule has 76 valence electrons. The van der Waals surface area contributed by atoms with E-state index in [4.69, 9.17) is 11.6 Å². The first-order valence-electron chi connectivity index (χ1n) is 5.01. The lowest BCUT2D eigenvalue weighted by Crippen LogP contribution is -2.39. The molecule has 0 radical (unpaired) electrons. The highest BCUT2D eigenvalue weighted by Crippen LogP contribution is 2.24. The van der Waals surface area contributed by atoms with Gasteiger partial charge in [-0.3, -0.25) is 4.79 Å². The minimum Gasteiger partial charge on any atom is -0.353 e. The zero-order chi connectivity index (χ0) is 9.84. The maximum Gasteiger partial charge on any atom is 0.224 e. The van der Waals surface area contributed by atoms with Crippen LogP contribution in [0.1, 0.15) is 33.1 Å². The van der Waals surface area contributed by atoms with Crippen LogP contribution in [-0.2, 0) is 4.79 Å². The number of carbonyl (C=O) groups is 1. The van der Waals surface area contributed by atoms with E-state index in [-0.39, 0.29) is 11.8 Å². The normalized spacial score (nSPS) is 30.1. The number of carbonyl (C=O) groups excluding carboxylic acids is 1. The minimum atomic E-state index is -0.0607. The fourth-order valence-electron chi connectivity index (χ4n) is 1.75. The van der Waals surface area contributed by atoms with Gasteiger partial charge < -0.3 is 5.32 Å². The van der Waals surface area contributed by atoms with Crippen molar-refractivity contribution in [1.29, 1.82) is 0 Å². The summed E-state index contributed by atoms with van der Waals surface area (Å²) in [7, 11) is 0. The molecule has 1 aliphatic carbocycles. The highest BCUT2D eigenvalue weighted by atomic mass is 35.5. The van der Waals surface area contributed by atoms with Gasteiger partial charge in [0.15, 0.2) is 0 Å². The molecular formula is C10H18ClNO. The van der Waals surface area contributed by atoms with Crippen molar-refractivity contribution in [1.82, 2.24) is 5.32 Å². The van der Waals surface area contributed by atoms with Gasteiger partial charge in [0.1, 0.15) is 0 Å². The van der Waals surface area contributed by atoms with Gasteiger partial charge in [-0.05, 0) is 18.8 Å². The average molecular weight is 204 g/mol. The summed E-state index contributed by atoms with van der Waals surface area (Å²) in [6, 6.07) is 0.387. The largest absolute Gasteiger partial charge is 0.353 e. The van der Waals surface area contributed by atoms with Crippen molar-refractivity contribution in [2.45, 2.75) is 39.2 Å². The molecule has 1 rings (SSSR count). The van der Waals surface area contributed by atoms with Crippen molar-refractivity contribution < 1.29 is 4.79 Å². The third-order valence-electron chi connectivity index (χ3n) is 2.87. The third kappa shape index (κ3) is 2.87. The van der Waals surface area contributed by atoms with Crippen molar-refractivity contribution >= 4 is 17.5 Å². The zero-order valence-electron chi connectivity index (χ0n) is 8.35. The van der Waals surface area contributed by atoms with Crippen LogP contribution >= 0.6 is 11.6 Å². The van der Waals surface area contributed by atoms with Crippen molar-refractivity contribution in [2.24, 2.45) is 11.8 Å². The van der Waals surface area contributed by atoms with Gasteiger partial charge in [-0.1, -0.05) is 20.3 Å². The summed E-state index contributed by atoms with van der Waals surface area (Å²) in [5.74, 6) is 1.09. The maximum atomic E-state index is 11.5. The van der Waals surface area contributed by atoms with Crippen LogP contribution in [0, 0.1) is 11.8 Å². The monoisotopic (exact) mass is 203 g/mol. The van der Waals surface area contributed by atoms with Crippen LogP contribution in [-0.4, -0.2) is 17.8 Å². The SMILES string of the molecule is CC(CCl)C(=O)NC1CCCC1C. The molecule has 1 aliphatic rings. The Labute approximate surface area is 85.0 Å². The Morgan fingerprint density at radius 1 is 1.62 bits per heavy atom. The topological polar surface area (TPSA) is 29.1 Å². The number of hydrogen-bond acceptors (Lipinski definition) is 1. The summed E-state index contributed by atoms with van der Waals surface area (Å²) < 4.78 is 0. The van der Waals surface area contributed by atoms with Gasteiger partial charge in [0, 0.05) is 17.8 Å². The summed E-state index contributed by atoms with van der Waals surface area (Å²) in [6.07, 6.45) is 3.60. The Kier molecular flexibility index (Phi) is 4.04. The quantitative estimate of drug-likeness (QED) is 0.700. The van der Waals surface area contributed by atoms with Crippen LogP contribution in [0.15, 0.2) is 0 Å². The Balaban J connectivity index is 2.35. The van der Waals surface area contributed by atoms with Gasteiger partial charge in [0.25, 0.3) is 0 Å². The lowest BCUT2D eigenvalue weighted by Gasteiger charge is -2.19. The van der Waals surface area contributed by atoms with Crippen LogP contribution in [0.4, 0.5) is 0 Å². The lowest BCUT2D eigenvalue weighted by atomic mass is 10.1. The van der Waals surface area contributed by atoms with Crippen molar-refractivity contribution in [2.75, 3.05) is 5.88 Å². The number of alkyl halides is 1. The van der Waals surface area contributed by atoms with Crippen molar-refractivity contribution in [3.8, 4) is 0 Å². The standard InChI is InChI=1S/C10H18ClNO/c1-7-4-3-5-9(7)12-10(13)8(2)6-11/h7-9H,3-6H2,1-2H3,(H,12,13). The molecule has 0 saturated heterocycles. The van der Waals surface area contributed by atoms with E-state index < -0.39 is 0 Å². The molecule has 3 heteroatoms. The van der Waals surface area contributed by atoms with Gasteiger partial charge in [0.2, 0.25) is 5.91 Å². The second-order valence-electron chi connectivity index (χ2n) is 4.08. The van der Waals surface area contributed by atoms with Crippen LogP contribution in [0.5, 0.6) is 0 Å². The van der Waals surface area contributed by atoms with Gasteiger partial charge in [-0.2, -0.15) is 0 Å². The number of rotatable bonds is 3. The van der Waals surface area contributed by atoms with Crippen molar-refractivity contribution in [3.05, 3.63) is 0 Å². The Morgan fingerprint density at radius 3 is 2.77 bits per heavy atom. The smallest absolute Gasteiger partial charge is 0.224 e. The first-order valence-corrected chi connectivity index (χ1v) is 5.55. The molecule has 0 aromatic heterocycles. The highest BCUT2D eigenvalue weighted by molar-refractivity contribution is 6.19.